The highest BCUT2D eigenvalue weighted by Crippen LogP contribution is 2.46. The summed E-state index contributed by atoms with van der Waals surface area (Å²) < 4.78 is 12.3. The number of pyridine rings is 1. The molecule has 0 bridgehead atoms. The number of ether oxygens (including phenoxy) is 2. The average Bonchev–Trinajstić information content (AvgIpc) is 3.30. The number of nitrogens with one attached hydrogen (secondary N) is 1. The summed E-state index contributed by atoms with van der Waals surface area (Å²) in [7, 11) is 3.25. The Labute approximate surface area is 166 Å². The predicted octanol–water partition coefficient (Wildman–Crippen LogP) is 2.44. The molecule has 2 atom stereocenters. The molecule has 1 fully saturated rings. The van der Waals surface area contributed by atoms with Crippen molar-refractivity contribution in [2.45, 2.75) is 18.9 Å². The van der Waals surface area contributed by atoms with E-state index in [9.17, 15) is 4.79 Å². The fourth-order valence-electron chi connectivity index (χ4n) is 3.01. The Hall–Kier alpha value is -2.94. The maximum Gasteiger partial charge on any atom is 0.290 e. The molecule has 1 aliphatic carbocycles. The van der Waals surface area contributed by atoms with Crippen LogP contribution in [0.1, 0.15) is 22.9 Å². The summed E-state index contributed by atoms with van der Waals surface area (Å²) in [5.41, 5.74) is 3.09. The number of anilines is 1. The Bertz CT molecular complexity index is 988. The summed E-state index contributed by atoms with van der Waals surface area (Å²) in [6.07, 6.45) is 4.55. The van der Waals surface area contributed by atoms with E-state index in [1.165, 1.54) is 16.0 Å². The number of aromatic nitrogens is 4. The van der Waals surface area contributed by atoms with Gasteiger partial charge in [0, 0.05) is 41.7 Å². The molecule has 0 amide bonds. The lowest BCUT2D eigenvalue weighted by Crippen LogP contribution is -2.24. The van der Waals surface area contributed by atoms with Crippen molar-refractivity contribution >= 4 is 17.0 Å². The number of aryl methyl sites for hydroxylation is 1. The van der Waals surface area contributed by atoms with Crippen LogP contribution in [-0.2, 0) is 13.6 Å². The zero-order valence-corrected chi connectivity index (χ0v) is 16.5. The smallest absolute Gasteiger partial charge is 0.290 e. The molecule has 8 nitrogen and oxygen atoms in total. The molecule has 28 heavy (non-hydrogen) atoms. The summed E-state index contributed by atoms with van der Waals surface area (Å²) in [5.74, 6) is 1.98. The molecule has 1 aliphatic rings. The van der Waals surface area contributed by atoms with Crippen molar-refractivity contribution in [2.24, 2.45) is 13.0 Å². The SMILES string of the molecule is COc1ccc([C@@H]2CC2COc2cc(NCc3cncs3)c(=O)n(C)n2)nc1. The number of rotatable bonds is 8. The van der Waals surface area contributed by atoms with Crippen molar-refractivity contribution in [1.82, 2.24) is 19.7 Å². The molecule has 1 saturated carbocycles. The molecule has 9 heteroatoms. The van der Waals surface area contributed by atoms with Gasteiger partial charge in [0.25, 0.3) is 5.56 Å². The van der Waals surface area contributed by atoms with E-state index >= 15 is 0 Å². The predicted molar refractivity (Wildman–Crippen MR) is 106 cm³/mol. The molecule has 0 radical (unpaired) electrons. The van der Waals surface area contributed by atoms with Gasteiger partial charge in [0.2, 0.25) is 5.88 Å². The molecular weight excluding hydrogens is 378 g/mol. The van der Waals surface area contributed by atoms with Crippen molar-refractivity contribution in [3.8, 4) is 11.6 Å². The van der Waals surface area contributed by atoms with Gasteiger partial charge in [0.15, 0.2) is 0 Å². The Balaban J connectivity index is 1.36. The highest BCUT2D eigenvalue weighted by molar-refractivity contribution is 7.09. The summed E-state index contributed by atoms with van der Waals surface area (Å²) in [5, 5.41) is 7.34. The molecular formula is C19H21N5O3S. The summed E-state index contributed by atoms with van der Waals surface area (Å²) in [6.45, 7) is 1.08. The van der Waals surface area contributed by atoms with Gasteiger partial charge in [-0.25, -0.2) is 4.68 Å². The Morgan fingerprint density at radius 2 is 2.25 bits per heavy atom. The zero-order chi connectivity index (χ0) is 19.5. The van der Waals surface area contributed by atoms with Crippen LogP contribution in [0.15, 0.2) is 40.9 Å². The third-order valence-electron chi connectivity index (χ3n) is 4.72. The summed E-state index contributed by atoms with van der Waals surface area (Å²) in [4.78, 5) is 21.8. The second-order valence-corrected chi connectivity index (χ2v) is 7.65. The van der Waals surface area contributed by atoms with Crippen molar-refractivity contribution < 1.29 is 9.47 Å². The van der Waals surface area contributed by atoms with Gasteiger partial charge in [-0.3, -0.25) is 14.8 Å². The van der Waals surface area contributed by atoms with Crippen molar-refractivity contribution in [2.75, 3.05) is 19.0 Å². The Kier molecular flexibility index (Phi) is 5.25. The molecule has 0 aliphatic heterocycles. The van der Waals surface area contributed by atoms with Crippen LogP contribution in [0.3, 0.4) is 0 Å². The second-order valence-electron chi connectivity index (χ2n) is 6.68. The van der Waals surface area contributed by atoms with Gasteiger partial charge < -0.3 is 14.8 Å². The summed E-state index contributed by atoms with van der Waals surface area (Å²) >= 11 is 1.54. The minimum Gasteiger partial charge on any atom is -0.495 e. The largest absolute Gasteiger partial charge is 0.495 e. The van der Waals surface area contributed by atoms with Crippen molar-refractivity contribution in [1.29, 1.82) is 0 Å². The lowest BCUT2D eigenvalue weighted by molar-refractivity contribution is 0.278. The van der Waals surface area contributed by atoms with Crippen LogP contribution in [0.25, 0.3) is 0 Å². The molecule has 146 valence electrons. The highest BCUT2D eigenvalue weighted by atomic mass is 32.1. The Morgan fingerprint density at radius 3 is 2.96 bits per heavy atom. The van der Waals surface area contributed by atoms with Gasteiger partial charge in [0.1, 0.15) is 11.4 Å². The molecule has 0 saturated heterocycles. The average molecular weight is 399 g/mol. The van der Waals surface area contributed by atoms with E-state index in [2.05, 4.69) is 20.4 Å². The van der Waals surface area contributed by atoms with E-state index in [4.69, 9.17) is 9.47 Å². The molecule has 3 aromatic rings. The number of hydrogen-bond acceptors (Lipinski definition) is 8. The number of nitrogens with zero attached hydrogens (tertiary/aromatic N) is 4. The van der Waals surface area contributed by atoms with Crippen LogP contribution in [0.2, 0.25) is 0 Å². The lowest BCUT2D eigenvalue weighted by atomic mass is 10.2. The first-order chi connectivity index (χ1) is 13.6. The van der Waals surface area contributed by atoms with E-state index in [1.54, 1.807) is 38.1 Å². The molecule has 1 unspecified atom stereocenters. The summed E-state index contributed by atoms with van der Waals surface area (Å²) in [6, 6.07) is 5.58. The van der Waals surface area contributed by atoms with Crippen LogP contribution in [0.5, 0.6) is 11.6 Å². The molecule has 0 aromatic carbocycles. The third kappa shape index (κ3) is 4.14. The van der Waals surface area contributed by atoms with Crippen molar-refractivity contribution in [3.05, 3.63) is 57.0 Å². The molecule has 3 aromatic heterocycles. The highest BCUT2D eigenvalue weighted by Gasteiger charge is 2.40. The number of hydrogen-bond donors (Lipinski definition) is 1. The first kappa shape index (κ1) is 18.4. The van der Waals surface area contributed by atoms with Gasteiger partial charge in [-0.15, -0.1) is 16.4 Å². The normalized spacial score (nSPS) is 17.9. The van der Waals surface area contributed by atoms with Crippen LogP contribution in [0.4, 0.5) is 5.69 Å². The molecule has 4 rings (SSSR count). The van der Waals surface area contributed by atoms with Crippen LogP contribution >= 0.6 is 11.3 Å². The van der Waals surface area contributed by atoms with E-state index < -0.39 is 0 Å². The standard InChI is InChI=1S/C19H21N5O3S/c1-24-19(25)17(22-9-14-8-20-11-28-14)6-18(23-24)27-10-12-5-15(12)16-4-3-13(26-2)7-21-16/h3-4,6-8,11-12,15,22H,5,9-10H2,1-2H3/t12?,15-/m1/s1. The first-order valence-corrected chi connectivity index (χ1v) is 9.84. The van der Waals surface area contributed by atoms with E-state index in [1.807, 2.05) is 12.1 Å². The van der Waals surface area contributed by atoms with Crippen molar-refractivity contribution in [3.63, 3.8) is 0 Å². The molecule has 1 N–H and O–H groups in total. The first-order valence-electron chi connectivity index (χ1n) is 8.96. The fourth-order valence-corrected chi connectivity index (χ4v) is 3.54. The minimum absolute atomic E-state index is 0.191. The minimum atomic E-state index is -0.191. The number of thiazole rings is 1. The maximum atomic E-state index is 12.3. The zero-order valence-electron chi connectivity index (χ0n) is 15.7. The van der Waals surface area contributed by atoms with Gasteiger partial charge in [-0.05, 0) is 18.6 Å². The number of methoxy groups -OCH3 is 1. The lowest BCUT2D eigenvalue weighted by Gasteiger charge is -2.10. The van der Waals surface area contributed by atoms with E-state index in [0.717, 1.165) is 22.7 Å². The second kappa shape index (κ2) is 7.97. The fraction of sp³-hybridized carbons (Fsp3) is 0.368. The Morgan fingerprint density at radius 1 is 1.36 bits per heavy atom. The molecule has 0 spiro atoms. The topological polar surface area (TPSA) is 91.2 Å². The van der Waals surface area contributed by atoms with E-state index in [0.29, 0.717) is 36.6 Å². The van der Waals surface area contributed by atoms with Crippen LogP contribution in [-0.4, -0.2) is 33.5 Å². The van der Waals surface area contributed by atoms with Gasteiger partial charge in [-0.2, -0.15) is 0 Å². The van der Waals surface area contributed by atoms with Crippen LogP contribution in [0, 0.1) is 5.92 Å². The molecule has 3 heterocycles. The van der Waals surface area contributed by atoms with Gasteiger partial charge >= 0.3 is 0 Å². The third-order valence-corrected chi connectivity index (χ3v) is 5.50. The van der Waals surface area contributed by atoms with Gasteiger partial charge in [0.05, 0.1) is 32.0 Å². The maximum absolute atomic E-state index is 12.3. The van der Waals surface area contributed by atoms with Gasteiger partial charge in [-0.1, -0.05) is 0 Å². The monoisotopic (exact) mass is 399 g/mol. The van der Waals surface area contributed by atoms with E-state index in [-0.39, 0.29) is 5.56 Å². The van der Waals surface area contributed by atoms with Crippen LogP contribution < -0.4 is 20.3 Å². The quantitative estimate of drug-likeness (QED) is 0.622.